The summed E-state index contributed by atoms with van der Waals surface area (Å²) in [6.45, 7) is 5.42. The second-order valence-corrected chi connectivity index (χ2v) is 3.80. The molecule has 0 aliphatic heterocycles. The Balaban J connectivity index is 2.72. The Hall–Kier alpha value is -1.39. The predicted octanol–water partition coefficient (Wildman–Crippen LogP) is 1.77. The lowest BCUT2D eigenvalue weighted by atomic mass is 10.1. The Labute approximate surface area is 102 Å². The first-order chi connectivity index (χ1) is 8.19. The number of benzene rings is 1. The fourth-order valence-corrected chi connectivity index (χ4v) is 1.40. The number of rotatable bonds is 6. The minimum Gasteiger partial charge on any atom is -0.372 e. The Morgan fingerprint density at radius 2 is 2.12 bits per heavy atom. The van der Waals surface area contributed by atoms with Crippen molar-refractivity contribution in [2.45, 2.75) is 26.5 Å². The van der Waals surface area contributed by atoms with E-state index in [2.05, 4.69) is 10.6 Å². The molecule has 0 aliphatic rings. The van der Waals surface area contributed by atoms with E-state index < -0.39 is 6.10 Å². The summed E-state index contributed by atoms with van der Waals surface area (Å²) in [5.41, 5.74) is 1.91. The summed E-state index contributed by atoms with van der Waals surface area (Å²) in [5.74, 6) is -0.128. The number of hydrogen-bond donors (Lipinski definition) is 2. The highest BCUT2D eigenvalue weighted by molar-refractivity contribution is 5.94. The van der Waals surface area contributed by atoms with Gasteiger partial charge in [0.05, 0.1) is 0 Å². The summed E-state index contributed by atoms with van der Waals surface area (Å²) in [4.78, 5) is 11.7. The molecule has 94 valence electrons. The Morgan fingerprint density at radius 3 is 2.76 bits per heavy atom. The summed E-state index contributed by atoms with van der Waals surface area (Å²) in [6.07, 6.45) is -0.442. The third-order valence-electron chi connectivity index (χ3n) is 2.56. The predicted molar refractivity (Wildman–Crippen MR) is 68.9 cm³/mol. The molecule has 1 aromatic carbocycles. The van der Waals surface area contributed by atoms with Crippen LogP contribution in [0.5, 0.6) is 0 Å². The van der Waals surface area contributed by atoms with Gasteiger partial charge >= 0.3 is 0 Å². The first-order valence-electron chi connectivity index (χ1n) is 5.81. The fraction of sp³-hybridized carbons (Fsp3) is 0.462. The van der Waals surface area contributed by atoms with E-state index >= 15 is 0 Å². The minimum absolute atomic E-state index is 0.128. The molecule has 0 radical (unpaired) electrons. The van der Waals surface area contributed by atoms with Crippen molar-refractivity contribution in [3.8, 4) is 0 Å². The molecule has 0 spiro atoms. The number of para-hydroxylation sites is 1. The second kappa shape index (κ2) is 7.04. The molecule has 0 heterocycles. The van der Waals surface area contributed by atoms with Crippen molar-refractivity contribution in [1.82, 2.24) is 5.32 Å². The van der Waals surface area contributed by atoms with Gasteiger partial charge in [-0.15, -0.1) is 0 Å². The number of amides is 1. The molecule has 4 heteroatoms. The molecule has 1 aromatic rings. The molecule has 0 fully saturated rings. The zero-order valence-corrected chi connectivity index (χ0v) is 10.6. The molecular formula is C13H20N2O2. The Morgan fingerprint density at radius 1 is 1.41 bits per heavy atom. The number of carbonyl (C=O) groups is 1. The molecule has 0 bridgehead atoms. The van der Waals surface area contributed by atoms with Gasteiger partial charge in [0.25, 0.3) is 5.91 Å². The summed E-state index contributed by atoms with van der Waals surface area (Å²) >= 11 is 0. The van der Waals surface area contributed by atoms with Crippen LogP contribution in [0.2, 0.25) is 0 Å². The molecule has 0 aliphatic carbocycles. The normalized spacial score (nSPS) is 12.2. The van der Waals surface area contributed by atoms with Crippen molar-refractivity contribution in [3.05, 3.63) is 29.8 Å². The maximum Gasteiger partial charge on any atom is 0.253 e. The van der Waals surface area contributed by atoms with Gasteiger partial charge in [-0.05, 0) is 25.1 Å². The maximum atomic E-state index is 11.7. The van der Waals surface area contributed by atoms with Crippen molar-refractivity contribution in [3.63, 3.8) is 0 Å². The largest absolute Gasteiger partial charge is 0.372 e. The molecule has 17 heavy (non-hydrogen) atoms. The number of ether oxygens (including phenoxy) is 1. The maximum absolute atomic E-state index is 11.7. The molecule has 0 saturated carbocycles. The molecule has 1 rings (SSSR count). The third kappa shape index (κ3) is 4.17. The van der Waals surface area contributed by atoms with Crippen LogP contribution in [0, 0.1) is 0 Å². The first kappa shape index (κ1) is 13.7. The minimum atomic E-state index is -0.442. The van der Waals surface area contributed by atoms with Gasteiger partial charge in [-0.2, -0.15) is 0 Å². The molecule has 4 nitrogen and oxygen atoms in total. The number of hydrogen-bond acceptors (Lipinski definition) is 3. The fourth-order valence-electron chi connectivity index (χ4n) is 1.40. The number of methoxy groups -OCH3 is 1. The van der Waals surface area contributed by atoms with E-state index in [-0.39, 0.29) is 5.91 Å². The van der Waals surface area contributed by atoms with Gasteiger partial charge in [-0.25, -0.2) is 0 Å². The smallest absolute Gasteiger partial charge is 0.253 e. The topological polar surface area (TPSA) is 50.4 Å². The van der Waals surface area contributed by atoms with E-state index in [4.69, 9.17) is 4.74 Å². The van der Waals surface area contributed by atoms with Crippen molar-refractivity contribution < 1.29 is 9.53 Å². The van der Waals surface area contributed by atoms with Crippen molar-refractivity contribution in [1.29, 1.82) is 0 Å². The number of anilines is 1. The lowest BCUT2D eigenvalue weighted by molar-refractivity contribution is -0.124. The summed E-state index contributed by atoms with van der Waals surface area (Å²) in [6, 6.07) is 7.76. The molecule has 0 saturated heterocycles. The summed E-state index contributed by atoms with van der Waals surface area (Å²) < 4.78 is 4.98. The van der Waals surface area contributed by atoms with Crippen LogP contribution >= 0.6 is 0 Å². The molecular weight excluding hydrogens is 216 g/mol. The Kier molecular flexibility index (Phi) is 5.66. The van der Waals surface area contributed by atoms with E-state index in [9.17, 15) is 4.79 Å². The van der Waals surface area contributed by atoms with Crippen LogP contribution < -0.4 is 10.6 Å². The zero-order valence-electron chi connectivity index (χ0n) is 10.6. The van der Waals surface area contributed by atoms with Gasteiger partial charge in [0.2, 0.25) is 0 Å². The van der Waals surface area contributed by atoms with Gasteiger partial charge in [-0.1, -0.05) is 25.1 Å². The average Bonchev–Trinajstić information content (AvgIpc) is 2.36. The van der Waals surface area contributed by atoms with E-state index in [1.165, 1.54) is 7.11 Å². The summed E-state index contributed by atoms with van der Waals surface area (Å²) in [5, 5.41) is 6.11. The van der Waals surface area contributed by atoms with Crippen molar-refractivity contribution in [2.24, 2.45) is 0 Å². The van der Waals surface area contributed by atoms with Crippen LogP contribution in [0.25, 0.3) is 0 Å². The van der Waals surface area contributed by atoms with Gasteiger partial charge in [0, 0.05) is 19.3 Å². The third-order valence-corrected chi connectivity index (χ3v) is 2.56. The average molecular weight is 236 g/mol. The molecule has 2 N–H and O–H groups in total. The van der Waals surface area contributed by atoms with Gasteiger partial charge < -0.3 is 15.4 Å². The van der Waals surface area contributed by atoms with E-state index in [0.29, 0.717) is 0 Å². The van der Waals surface area contributed by atoms with Crippen molar-refractivity contribution >= 4 is 11.6 Å². The molecule has 0 aromatic heterocycles. The van der Waals surface area contributed by atoms with Crippen LogP contribution in [0.15, 0.2) is 24.3 Å². The van der Waals surface area contributed by atoms with E-state index in [0.717, 1.165) is 24.3 Å². The van der Waals surface area contributed by atoms with E-state index in [1.54, 1.807) is 6.92 Å². The van der Waals surface area contributed by atoms with Crippen LogP contribution in [0.3, 0.4) is 0 Å². The highest BCUT2D eigenvalue weighted by Crippen LogP contribution is 2.15. The standard InChI is InChI=1S/C13H20N2O2/c1-4-14-9-11-7-5-6-8-12(11)15-13(16)10(2)17-3/h5-8,10,14H,4,9H2,1-3H3,(H,15,16). The zero-order chi connectivity index (χ0) is 12.7. The monoisotopic (exact) mass is 236 g/mol. The van der Waals surface area contributed by atoms with Gasteiger partial charge in [-0.3, -0.25) is 4.79 Å². The molecule has 1 unspecified atom stereocenters. The SMILES string of the molecule is CCNCc1ccccc1NC(=O)C(C)OC. The molecule has 1 amide bonds. The van der Waals surface area contributed by atoms with Crippen molar-refractivity contribution in [2.75, 3.05) is 19.0 Å². The Bertz CT molecular complexity index is 366. The first-order valence-corrected chi connectivity index (χ1v) is 5.81. The lowest BCUT2D eigenvalue weighted by Crippen LogP contribution is -2.27. The summed E-state index contributed by atoms with van der Waals surface area (Å²) in [7, 11) is 1.52. The van der Waals surface area contributed by atoms with Crippen LogP contribution in [0.1, 0.15) is 19.4 Å². The van der Waals surface area contributed by atoms with Gasteiger partial charge in [0.1, 0.15) is 6.10 Å². The van der Waals surface area contributed by atoms with Crippen LogP contribution in [-0.2, 0) is 16.1 Å². The lowest BCUT2D eigenvalue weighted by Gasteiger charge is -2.14. The van der Waals surface area contributed by atoms with E-state index in [1.807, 2.05) is 31.2 Å². The second-order valence-electron chi connectivity index (χ2n) is 3.80. The number of carbonyl (C=O) groups excluding carboxylic acids is 1. The highest BCUT2D eigenvalue weighted by Gasteiger charge is 2.12. The highest BCUT2D eigenvalue weighted by atomic mass is 16.5. The number of nitrogens with one attached hydrogen (secondary N) is 2. The quantitative estimate of drug-likeness (QED) is 0.791. The van der Waals surface area contributed by atoms with Gasteiger partial charge in [0.15, 0.2) is 0 Å². The van der Waals surface area contributed by atoms with Crippen LogP contribution in [-0.4, -0.2) is 25.7 Å². The van der Waals surface area contributed by atoms with Crippen LogP contribution in [0.4, 0.5) is 5.69 Å². The molecule has 1 atom stereocenters.